The molecule has 0 bridgehead atoms. The molecule has 13 heteroatoms. The smallest absolute Gasteiger partial charge is 0.404 e. The molecule has 1 heterocycles. The SMILES string of the molecule is CCc1ccc(Nc2nc(NC[C@H]3CC[C@H](CNS(=O)(=O)c4ccc(Br)cc4OC(F)(F)F)CC3)nc3ccccc23)cc1. The van der Waals surface area contributed by atoms with E-state index in [1.165, 1.54) is 11.6 Å². The molecule has 1 aromatic heterocycles. The number of hydrogen-bond donors (Lipinski definition) is 3. The van der Waals surface area contributed by atoms with Gasteiger partial charge in [0.15, 0.2) is 5.75 Å². The summed E-state index contributed by atoms with van der Waals surface area (Å²) in [5, 5.41) is 7.73. The first-order valence-corrected chi connectivity index (χ1v) is 16.7. The maximum atomic E-state index is 12.9. The number of ether oxygens (including phenoxy) is 1. The predicted octanol–water partition coefficient (Wildman–Crippen LogP) is 7.79. The minimum atomic E-state index is -5.02. The summed E-state index contributed by atoms with van der Waals surface area (Å²) in [6.45, 7) is 2.91. The molecule has 3 N–H and O–H groups in total. The van der Waals surface area contributed by atoms with Crippen molar-refractivity contribution in [2.45, 2.75) is 50.3 Å². The lowest BCUT2D eigenvalue weighted by Crippen LogP contribution is -2.33. The van der Waals surface area contributed by atoms with Gasteiger partial charge in [0.1, 0.15) is 10.7 Å². The molecule has 0 aliphatic heterocycles. The van der Waals surface area contributed by atoms with Crippen molar-refractivity contribution in [1.82, 2.24) is 14.7 Å². The molecule has 0 unspecified atom stereocenters. The van der Waals surface area contributed by atoms with Crippen molar-refractivity contribution in [3.63, 3.8) is 0 Å². The molecule has 4 aromatic rings. The molecule has 1 fully saturated rings. The van der Waals surface area contributed by atoms with E-state index in [4.69, 9.17) is 9.97 Å². The Kier molecular flexibility index (Phi) is 9.96. The van der Waals surface area contributed by atoms with E-state index in [0.717, 1.165) is 60.8 Å². The molecule has 44 heavy (non-hydrogen) atoms. The van der Waals surface area contributed by atoms with Crippen LogP contribution in [0.2, 0.25) is 0 Å². The third kappa shape index (κ3) is 8.39. The number of aromatic nitrogens is 2. The van der Waals surface area contributed by atoms with Crippen molar-refractivity contribution in [3.05, 3.63) is 76.8 Å². The van der Waals surface area contributed by atoms with Crippen LogP contribution in [-0.2, 0) is 16.4 Å². The molecule has 3 aromatic carbocycles. The van der Waals surface area contributed by atoms with E-state index in [2.05, 4.69) is 55.1 Å². The predicted molar refractivity (Wildman–Crippen MR) is 169 cm³/mol. The normalized spacial score (nSPS) is 17.4. The standard InChI is InChI=1S/C31H33BrF3N5O3S/c1-2-20-11-14-24(15-12-20)38-29-25-5-3-4-6-26(25)39-30(40-29)36-18-21-7-9-22(10-8-21)19-37-44(41,42)28-16-13-23(32)17-27(28)43-31(33,34)35/h3-6,11-17,21-22,37H,2,7-10,18-19H2,1H3,(H2,36,38,39,40)/t21-,22-. The minimum absolute atomic E-state index is 0.0651. The topological polar surface area (TPSA) is 105 Å². The molecule has 0 radical (unpaired) electrons. The van der Waals surface area contributed by atoms with Gasteiger partial charge in [-0.05, 0) is 92.0 Å². The highest BCUT2D eigenvalue weighted by molar-refractivity contribution is 9.10. The number of anilines is 3. The molecule has 1 aliphatic carbocycles. The van der Waals surface area contributed by atoms with Gasteiger partial charge >= 0.3 is 6.36 Å². The van der Waals surface area contributed by atoms with Crippen LogP contribution in [0.5, 0.6) is 5.75 Å². The Bertz CT molecular complexity index is 1700. The van der Waals surface area contributed by atoms with Crippen LogP contribution in [0.1, 0.15) is 38.2 Å². The molecule has 0 amide bonds. The second-order valence-corrected chi connectivity index (χ2v) is 13.5. The Morgan fingerprint density at radius 2 is 1.61 bits per heavy atom. The second-order valence-electron chi connectivity index (χ2n) is 10.8. The first kappa shape index (κ1) is 32.0. The number of hydrogen-bond acceptors (Lipinski definition) is 7. The van der Waals surface area contributed by atoms with E-state index in [1.807, 2.05) is 36.4 Å². The fraction of sp³-hybridized carbons (Fsp3) is 0.355. The summed E-state index contributed by atoms with van der Waals surface area (Å²) in [5.41, 5.74) is 3.02. The van der Waals surface area contributed by atoms with Gasteiger partial charge in [0.05, 0.1) is 5.52 Å². The average molecular weight is 693 g/mol. The lowest BCUT2D eigenvalue weighted by molar-refractivity contribution is -0.275. The zero-order chi connectivity index (χ0) is 31.3. The third-order valence-corrected chi connectivity index (χ3v) is 9.68. The second kappa shape index (κ2) is 13.7. The molecule has 0 saturated heterocycles. The number of sulfonamides is 1. The van der Waals surface area contributed by atoms with E-state index in [0.29, 0.717) is 24.2 Å². The fourth-order valence-corrected chi connectivity index (χ4v) is 6.86. The van der Waals surface area contributed by atoms with Crippen LogP contribution < -0.4 is 20.1 Å². The molecule has 1 aliphatic rings. The molecule has 234 valence electrons. The van der Waals surface area contributed by atoms with Crippen LogP contribution in [0.4, 0.5) is 30.6 Å². The maximum absolute atomic E-state index is 12.9. The average Bonchev–Trinajstić information content (AvgIpc) is 2.99. The lowest BCUT2D eigenvalue weighted by Gasteiger charge is -2.29. The Hall–Kier alpha value is -3.42. The van der Waals surface area contributed by atoms with Crippen LogP contribution in [0.3, 0.4) is 0 Å². The molecular weight excluding hydrogens is 659 g/mol. The van der Waals surface area contributed by atoms with Gasteiger partial charge in [-0.3, -0.25) is 0 Å². The van der Waals surface area contributed by atoms with Crippen molar-refractivity contribution in [2.24, 2.45) is 11.8 Å². The highest BCUT2D eigenvalue weighted by Gasteiger charge is 2.34. The van der Waals surface area contributed by atoms with Gasteiger partial charge in [-0.25, -0.2) is 18.1 Å². The number of halogens is 4. The number of nitrogens with one attached hydrogen (secondary N) is 3. The summed E-state index contributed by atoms with van der Waals surface area (Å²) in [5.74, 6) is 0.868. The van der Waals surface area contributed by atoms with Crippen molar-refractivity contribution >= 4 is 54.3 Å². The van der Waals surface area contributed by atoms with E-state index in [1.54, 1.807) is 0 Å². The molecule has 1 saturated carbocycles. The summed E-state index contributed by atoms with van der Waals surface area (Å²) in [7, 11) is -4.22. The summed E-state index contributed by atoms with van der Waals surface area (Å²) >= 11 is 3.06. The number of fused-ring (bicyclic) bond motifs is 1. The minimum Gasteiger partial charge on any atom is -0.404 e. The highest BCUT2D eigenvalue weighted by atomic mass is 79.9. The Balaban J connectivity index is 1.16. The van der Waals surface area contributed by atoms with Crippen LogP contribution >= 0.6 is 15.9 Å². The van der Waals surface area contributed by atoms with Crippen molar-refractivity contribution in [2.75, 3.05) is 23.7 Å². The Morgan fingerprint density at radius 1 is 0.932 bits per heavy atom. The van der Waals surface area contributed by atoms with E-state index >= 15 is 0 Å². The fourth-order valence-electron chi connectivity index (χ4n) is 5.30. The summed E-state index contributed by atoms with van der Waals surface area (Å²) in [6, 6.07) is 19.5. The number of para-hydroxylation sites is 1. The van der Waals surface area contributed by atoms with Gasteiger partial charge in [-0.15, -0.1) is 13.2 Å². The third-order valence-electron chi connectivity index (χ3n) is 7.73. The van der Waals surface area contributed by atoms with E-state index in [9.17, 15) is 21.6 Å². The number of rotatable bonds is 11. The zero-order valence-corrected chi connectivity index (χ0v) is 26.4. The van der Waals surface area contributed by atoms with Gasteiger partial charge in [-0.1, -0.05) is 47.1 Å². The molecule has 0 atom stereocenters. The maximum Gasteiger partial charge on any atom is 0.573 e. The number of nitrogens with zero attached hydrogens (tertiary/aromatic N) is 2. The first-order chi connectivity index (χ1) is 21.0. The van der Waals surface area contributed by atoms with E-state index in [-0.39, 0.29) is 16.9 Å². The summed E-state index contributed by atoms with van der Waals surface area (Å²) < 4.78 is 71.0. The number of alkyl halides is 3. The Labute approximate surface area is 263 Å². The molecule has 5 rings (SSSR count). The molecule has 0 spiro atoms. The van der Waals surface area contributed by atoms with E-state index < -0.39 is 27.0 Å². The van der Waals surface area contributed by atoms with Gasteiger partial charge in [0.2, 0.25) is 16.0 Å². The summed E-state index contributed by atoms with van der Waals surface area (Å²) in [6.07, 6.45) is -0.768. The first-order valence-electron chi connectivity index (χ1n) is 14.4. The zero-order valence-electron chi connectivity index (χ0n) is 24.0. The van der Waals surface area contributed by atoms with Crippen LogP contribution in [0, 0.1) is 11.8 Å². The quantitative estimate of drug-likeness (QED) is 0.147. The van der Waals surface area contributed by atoms with Gasteiger partial charge < -0.3 is 15.4 Å². The van der Waals surface area contributed by atoms with Crippen LogP contribution in [-0.4, -0.2) is 37.8 Å². The van der Waals surface area contributed by atoms with Crippen molar-refractivity contribution < 1.29 is 26.3 Å². The molecule has 8 nitrogen and oxygen atoms in total. The number of benzene rings is 3. The van der Waals surface area contributed by atoms with Gasteiger partial charge in [0.25, 0.3) is 0 Å². The highest BCUT2D eigenvalue weighted by Crippen LogP contribution is 2.34. The largest absolute Gasteiger partial charge is 0.573 e. The van der Waals surface area contributed by atoms with Crippen LogP contribution in [0.25, 0.3) is 10.9 Å². The monoisotopic (exact) mass is 691 g/mol. The van der Waals surface area contributed by atoms with Crippen molar-refractivity contribution in [1.29, 1.82) is 0 Å². The van der Waals surface area contributed by atoms with Crippen LogP contribution in [0.15, 0.2) is 76.1 Å². The Morgan fingerprint density at radius 3 is 2.30 bits per heavy atom. The van der Waals surface area contributed by atoms with Gasteiger partial charge in [0, 0.05) is 28.6 Å². The number of aryl methyl sites for hydroxylation is 1. The van der Waals surface area contributed by atoms with Crippen molar-refractivity contribution in [3.8, 4) is 5.75 Å². The van der Waals surface area contributed by atoms with Gasteiger partial charge in [-0.2, -0.15) is 4.98 Å². The summed E-state index contributed by atoms with van der Waals surface area (Å²) in [4.78, 5) is 8.91. The molecular formula is C31H33BrF3N5O3S. The lowest BCUT2D eigenvalue weighted by atomic mass is 9.82.